The first-order valence-electron chi connectivity index (χ1n) is 8.92. The van der Waals surface area contributed by atoms with Crippen LogP contribution in [-0.4, -0.2) is 57.4 Å². The van der Waals surface area contributed by atoms with Crippen LogP contribution >= 0.6 is 0 Å². The van der Waals surface area contributed by atoms with Crippen LogP contribution in [0.4, 0.5) is 5.82 Å². The van der Waals surface area contributed by atoms with E-state index in [0.717, 1.165) is 49.7 Å². The van der Waals surface area contributed by atoms with Crippen LogP contribution in [0.3, 0.4) is 0 Å². The molecule has 0 aromatic carbocycles. The number of anilines is 1. The molecule has 1 saturated heterocycles. The maximum atomic E-state index is 12.7. The second-order valence-electron chi connectivity index (χ2n) is 7.04. The fourth-order valence-corrected chi connectivity index (χ4v) is 3.09. The molecule has 0 bridgehead atoms. The zero-order valence-corrected chi connectivity index (χ0v) is 15.2. The standard InChI is InChI=1S/C18H26N6O/c1-13(2)11-15-12-16(21-20-15)18(25)24-8-4-7-23(9-10-24)17-6-5-14(3)19-22-17/h5-6,12-13H,4,7-11H2,1-3H3,(H,20,21). The number of rotatable bonds is 4. The summed E-state index contributed by atoms with van der Waals surface area (Å²) < 4.78 is 0. The lowest BCUT2D eigenvalue weighted by Crippen LogP contribution is -2.35. The Morgan fingerprint density at radius 2 is 2.04 bits per heavy atom. The Morgan fingerprint density at radius 1 is 1.20 bits per heavy atom. The summed E-state index contributed by atoms with van der Waals surface area (Å²) in [7, 11) is 0. The molecule has 7 nitrogen and oxygen atoms in total. The third-order valence-corrected chi connectivity index (χ3v) is 4.37. The quantitative estimate of drug-likeness (QED) is 0.920. The number of hydrogen-bond acceptors (Lipinski definition) is 5. The molecule has 1 amide bonds. The first-order chi connectivity index (χ1) is 12.0. The van der Waals surface area contributed by atoms with Gasteiger partial charge in [-0.15, -0.1) is 5.10 Å². The van der Waals surface area contributed by atoms with Gasteiger partial charge in [-0.3, -0.25) is 9.89 Å². The van der Waals surface area contributed by atoms with Crippen molar-refractivity contribution in [3.8, 4) is 0 Å². The van der Waals surface area contributed by atoms with Gasteiger partial charge in [-0.05, 0) is 43.9 Å². The predicted molar refractivity (Wildman–Crippen MR) is 96.6 cm³/mol. The van der Waals surface area contributed by atoms with Crippen molar-refractivity contribution < 1.29 is 4.79 Å². The van der Waals surface area contributed by atoms with Crippen molar-refractivity contribution in [1.29, 1.82) is 0 Å². The number of carbonyl (C=O) groups excluding carboxylic acids is 1. The number of carbonyl (C=O) groups is 1. The van der Waals surface area contributed by atoms with Gasteiger partial charge in [0.2, 0.25) is 0 Å². The molecule has 1 aliphatic heterocycles. The summed E-state index contributed by atoms with van der Waals surface area (Å²) in [5, 5.41) is 15.6. The smallest absolute Gasteiger partial charge is 0.274 e. The Kier molecular flexibility index (Phi) is 5.31. The van der Waals surface area contributed by atoms with Gasteiger partial charge in [-0.2, -0.15) is 10.2 Å². The normalized spacial score (nSPS) is 15.5. The lowest BCUT2D eigenvalue weighted by atomic mass is 10.1. The van der Waals surface area contributed by atoms with Crippen LogP contribution in [0.2, 0.25) is 0 Å². The van der Waals surface area contributed by atoms with Crippen molar-refractivity contribution >= 4 is 11.7 Å². The summed E-state index contributed by atoms with van der Waals surface area (Å²) in [6.45, 7) is 9.27. The van der Waals surface area contributed by atoms with E-state index in [9.17, 15) is 4.79 Å². The van der Waals surface area contributed by atoms with Crippen molar-refractivity contribution in [3.63, 3.8) is 0 Å². The van der Waals surface area contributed by atoms with E-state index in [1.54, 1.807) is 0 Å². The number of nitrogens with zero attached hydrogens (tertiary/aromatic N) is 5. The van der Waals surface area contributed by atoms with Gasteiger partial charge in [0.1, 0.15) is 5.69 Å². The SMILES string of the molecule is Cc1ccc(N2CCCN(C(=O)c3cc(CC(C)C)[nH]n3)CC2)nn1. The van der Waals surface area contributed by atoms with Crippen molar-refractivity contribution in [3.05, 3.63) is 35.3 Å². The van der Waals surface area contributed by atoms with Gasteiger partial charge in [-0.25, -0.2) is 0 Å². The number of nitrogens with one attached hydrogen (secondary N) is 1. The van der Waals surface area contributed by atoms with Gasteiger partial charge in [0.15, 0.2) is 5.82 Å². The van der Waals surface area contributed by atoms with Gasteiger partial charge in [0.05, 0.1) is 5.69 Å². The molecule has 0 aliphatic carbocycles. The number of hydrogen-bond donors (Lipinski definition) is 1. The molecule has 3 heterocycles. The van der Waals surface area contributed by atoms with E-state index in [1.165, 1.54) is 0 Å². The number of aromatic nitrogens is 4. The molecule has 0 spiro atoms. The van der Waals surface area contributed by atoms with Crippen LogP contribution in [0, 0.1) is 12.8 Å². The molecule has 2 aromatic rings. The van der Waals surface area contributed by atoms with Crippen molar-refractivity contribution in [2.45, 2.75) is 33.6 Å². The predicted octanol–water partition coefficient (Wildman–Crippen LogP) is 2.06. The largest absolute Gasteiger partial charge is 0.353 e. The fraction of sp³-hybridized carbons (Fsp3) is 0.556. The Hall–Kier alpha value is -2.44. The summed E-state index contributed by atoms with van der Waals surface area (Å²) in [5.74, 6) is 1.41. The third-order valence-electron chi connectivity index (χ3n) is 4.37. The van der Waals surface area contributed by atoms with E-state index in [2.05, 4.69) is 39.1 Å². The highest BCUT2D eigenvalue weighted by Gasteiger charge is 2.23. The van der Waals surface area contributed by atoms with E-state index in [4.69, 9.17) is 0 Å². The number of aryl methyl sites for hydroxylation is 1. The van der Waals surface area contributed by atoms with Gasteiger partial charge in [-0.1, -0.05) is 13.8 Å². The summed E-state index contributed by atoms with van der Waals surface area (Å²) in [6, 6.07) is 5.85. The zero-order chi connectivity index (χ0) is 17.8. The van der Waals surface area contributed by atoms with Gasteiger partial charge in [0, 0.05) is 31.9 Å². The lowest BCUT2D eigenvalue weighted by Gasteiger charge is -2.22. The average molecular weight is 342 g/mol. The van der Waals surface area contributed by atoms with Gasteiger partial charge in [0.25, 0.3) is 5.91 Å². The Morgan fingerprint density at radius 3 is 2.76 bits per heavy atom. The molecule has 0 atom stereocenters. The highest BCUT2D eigenvalue weighted by atomic mass is 16.2. The zero-order valence-electron chi connectivity index (χ0n) is 15.2. The average Bonchev–Trinajstić information content (AvgIpc) is 2.90. The Balaban J connectivity index is 1.63. The molecule has 7 heteroatoms. The second kappa shape index (κ2) is 7.63. The maximum Gasteiger partial charge on any atom is 0.274 e. The first-order valence-corrected chi connectivity index (χ1v) is 8.92. The van der Waals surface area contributed by atoms with Crippen molar-refractivity contribution in [2.75, 3.05) is 31.1 Å². The Labute approximate surface area is 148 Å². The summed E-state index contributed by atoms with van der Waals surface area (Å²) in [5.41, 5.74) is 2.44. The molecule has 2 aromatic heterocycles. The van der Waals surface area contributed by atoms with E-state index in [1.807, 2.05) is 30.0 Å². The number of amides is 1. The molecule has 0 saturated carbocycles. The molecule has 0 unspecified atom stereocenters. The topological polar surface area (TPSA) is 78.0 Å². The molecular formula is C18H26N6O. The minimum absolute atomic E-state index is 0.00287. The van der Waals surface area contributed by atoms with E-state index >= 15 is 0 Å². The van der Waals surface area contributed by atoms with Crippen molar-refractivity contribution in [1.82, 2.24) is 25.3 Å². The lowest BCUT2D eigenvalue weighted by molar-refractivity contribution is 0.0761. The second-order valence-corrected chi connectivity index (χ2v) is 7.04. The van der Waals surface area contributed by atoms with Crippen LogP contribution in [0.15, 0.2) is 18.2 Å². The maximum absolute atomic E-state index is 12.7. The third kappa shape index (κ3) is 4.35. The molecule has 0 radical (unpaired) electrons. The number of aromatic amines is 1. The Bertz CT molecular complexity index is 709. The monoisotopic (exact) mass is 342 g/mol. The summed E-state index contributed by atoms with van der Waals surface area (Å²) in [4.78, 5) is 16.8. The molecular weight excluding hydrogens is 316 g/mol. The minimum Gasteiger partial charge on any atom is -0.353 e. The first kappa shape index (κ1) is 17.4. The highest BCUT2D eigenvalue weighted by Crippen LogP contribution is 2.15. The molecule has 1 aliphatic rings. The van der Waals surface area contributed by atoms with E-state index < -0.39 is 0 Å². The molecule has 134 valence electrons. The van der Waals surface area contributed by atoms with Crippen LogP contribution < -0.4 is 4.90 Å². The fourth-order valence-electron chi connectivity index (χ4n) is 3.09. The van der Waals surface area contributed by atoms with Crippen molar-refractivity contribution in [2.24, 2.45) is 5.92 Å². The molecule has 25 heavy (non-hydrogen) atoms. The van der Waals surface area contributed by atoms with Gasteiger partial charge < -0.3 is 9.80 Å². The van der Waals surface area contributed by atoms with Crippen LogP contribution in [0.5, 0.6) is 0 Å². The summed E-state index contributed by atoms with van der Waals surface area (Å²) >= 11 is 0. The van der Waals surface area contributed by atoms with Crippen LogP contribution in [0.1, 0.15) is 42.1 Å². The molecule has 3 rings (SSSR count). The van der Waals surface area contributed by atoms with E-state index in [0.29, 0.717) is 18.2 Å². The molecule has 1 N–H and O–H groups in total. The van der Waals surface area contributed by atoms with Crippen LogP contribution in [0.25, 0.3) is 0 Å². The molecule has 1 fully saturated rings. The number of H-pyrrole nitrogens is 1. The van der Waals surface area contributed by atoms with Gasteiger partial charge >= 0.3 is 0 Å². The van der Waals surface area contributed by atoms with Crippen LogP contribution in [-0.2, 0) is 6.42 Å². The minimum atomic E-state index is 0.00287. The highest BCUT2D eigenvalue weighted by molar-refractivity contribution is 5.92. The summed E-state index contributed by atoms with van der Waals surface area (Å²) in [6.07, 6.45) is 1.81. The van der Waals surface area contributed by atoms with E-state index in [-0.39, 0.29) is 5.91 Å².